The summed E-state index contributed by atoms with van der Waals surface area (Å²) in [5.74, 6) is -1.45. The van der Waals surface area contributed by atoms with Gasteiger partial charge in [-0.15, -0.1) is 0 Å². The molecule has 0 saturated carbocycles. The summed E-state index contributed by atoms with van der Waals surface area (Å²) >= 11 is 0. The molecule has 3 rings (SSSR count). The molecule has 3 N–H and O–H groups in total. The standard InChI is InChI=1S/C21H27NO2.C2HF3O2/c1-14(2)20(23)13-22-12-16-4-6-17(7-5-16)18-8-9-21-19(11-18)10-15(3)24-21;3-2(4,5)1(6)7/h4-9,11,14-15,20,22-23H,10,12-13H2,1-3H3;(H,6,7). The van der Waals surface area contributed by atoms with E-state index in [2.05, 4.69) is 54.7 Å². The van der Waals surface area contributed by atoms with Crippen molar-refractivity contribution in [2.24, 2.45) is 5.92 Å². The Morgan fingerprint density at radius 2 is 1.74 bits per heavy atom. The first-order valence-corrected chi connectivity index (χ1v) is 10.0. The summed E-state index contributed by atoms with van der Waals surface area (Å²) in [7, 11) is 0. The summed E-state index contributed by atoms with van der Waals surface area (Å²) in [6, 6.07) is 15.1. The van der Waals surface area contributed by atoms with Crippen LogP contribution in [0.2, 0.25) is 0 Å². The molecule has 0 aromatic heterocycles. The van der Waals surface area contributed by atoms with Crippen LogP contribution in [0, 0.1) is 5.92 Å². The highest BCUT2D eigenvalue weighted by Gasteiger charge is 2.38. The number of benzene rings is 2. The van der Waals surface area contributed by atoms with Gasteiger partial charge < -0.3 is 20.3 Å². The Kier molecular flexibility index (Phi) is 8.47. The molecule has 2 aromatic rings. The lowest BCUT2D eigenvalue weighted by atomic mass is 10.00. The lowest BCUT2D eigenvalue weighted by Crippen LogP contribution is -2.30. The van der Waals surface area contributed by atoms with E-state index in [-0.39, 0.29) is 18.1 Å². The van der Waals surface area contributed by atoms with Crippen molar-refractivity contribution in [3.8, 4) is 16.9 Å². The van der Waals surface area contributed by atoms with E-state index in [1.165, 1.54) is 22.3 Å². The number of nitrogens with one attached hydrogen (secondary N) is 1. The van der Waals surface area contributed by atoms with Crippen LogP contribution in [0.5, 0.6) is 5.75 Å². The van der Waals surface area contributed by atoms with Crippen LogP contribution in [-0.2, 0) is 17.8 Å². The SMILES string of the molecule is CC1Cc2cc(-c3ccc(CNCC(O)C(C)C)cc3)ccc2O1.O=C(O)C(F)(F)F. The molecular formula is C23H28F3NO4. The number of alkyl halides is 3. The molecule has 31 heavy (non-hydrogen) atoms. The first kappa shape index (κ1) is 24.7. The predicted octanol–water partition coefficient (Wildman–Crippen LogP) is 4.42. The van der Waals surface area contributed by atoms with Gasteiger partial charge in [-0.25, -0.2) is 4.79 Å². The van der Waals surface area contributed by atoms with Crippen LogP contribution in [0.4, 0.5) is 13.2 Å². The molecule has 0 saturated heterocycles. The average molecular weight is 439 g/mol. The average Bonchev–Trinajstić information content (AvgIpc) is 3.07. The van der Waals surface area contributed by atoms with Crippen LogP contribution in [0.1, 0.15) is 31.9 Å². The Labute approximate surface area is 179 Å². The normalized spacial score (nSPS) is 16.2. The fraction of sp³-hybridized carbons (Fsp3) is 0.435. The molecule has 0 fully saturated rings. The molecule has 0 radical (unpaired) electrons. The third-order valence-corrected chi connectivity index (χ3v) is 4.88. The fourth-order valence-electron chi connectivity index (χ4n) is 3.02. The lowest BCUT2D eigenvalue weighted by Gasteiger charge is -2.15. The van der Waals surface area contributed by atoms with E-state index >= 15 is 0 Å². The number of rotatable bonds is 6. The number of carboxylic acids is 1. The minimum absolute atomic E-state index is 0.282. The van der Waals surface area contributed by atoms with Crippen molar-refractivity contribution in [1.29, 1.82) is 0 Å². The smallest absolute Gasteiger partial charge is 0.490 e. The molecule has 2 aromatic carbocycles. The van der Waals surface area contributed by atoms with Gasteiger partial charge in [0.25, 0.3) is 0 Å². The Hall–Kier alpha value is -2.58. The molecule has 0 spiro atoms. The van der Waals surface area contributed by atoms with Crippen molar-refractivity contribution in [1.82, 2.24) is 5.32 Å². The maximum Gasteiger partial charge on any atom is 0.490 e. The van der Waals surface area contributed by atoms with Gasteiger partial charge >= 0.3 is 12.1 Å². The van der Waals surface area contributed by atoms with Gasteiger partial charge in [-0.2, -0.15) is 13.2 Å². The minimum Gasteiger partial charge on any atom is -0.490 e. The zero-order valence-electron chi connectivity index (χ0n) is 17.7. The number of halogens is 3. The monoisotopic (exact) mass is 439 g/mol. The molecule has 8 heteroatoms. The van der Waals surface area contributed by atoms with E-state index in [0.29, 0.717) is 6.54 Å². The largest absolute Gasteiger partial charge is 0.490 e. The van der Waals surface area contributed by atoms with Crippen molar-refractivity contribution in [2.75, 3.05) is 6.54 Å². The molecule has 1 aliphatic rings. The Bertz CT molecular complexity index is 866. The molecule has 1 aliphatic heterocycles. The zero-order chi connectivity index (χ0) is 23.2. The summed E-state index contributed by atoms with van der Waals surface area (Å²) in [6.45, 7) is 7.58. The van der Waals surface area contributed by atoms with Crippen LogP contribution >= 0.6 is 0 Å². The summed E-state index contributed by atoms with van der Waals surface area (Å²) in [6.07, 6.45) is -4.10. The highest BCUT2D eigenvalue weighted by Crippen LogP contribution is 2.32. The molecule has 5 nitrogen and oxygen atoms in total. The van der Waals surface area contributed by atoms with Crippen LogP contribution in [0.15, 0.2) is 42.5 Å². The van der Waals surface area contributed by atoms with Crippen LogP contribution in [-0.4, -0.2) is 41.1 Å². The van der Waals surface area contributed by atoms with Gasteiger partial charge in [0.2, 0.25) is 0 Å². The molecule has 170 valence electrons. The van der Waals surface area contributed by atoms with E-state index in [1.807, 2.05) is 13.8 Å². The Balaban J connectivity index is 0.000000423. The topological polar surface area (TPSA) is 78.8 Å². The van der Waals surface area contributed by atoms with Gasteiger partial charge in [0.1, 0.15) is 11.9 Å². The molecular weight excluding hydrogens is 411 g/mol. The number of carbonyl (C=O) groups is 1. The number of hydrogen-bond acceptors (Lipinski definition) is 4. The maximum atomic E-state index is 10.6. The number of ether oxygens (including phenoxy) is 1. The van der Waals surface area contributed by atoms with E-state index in [9.17, 15) is 18.3 Å². The van der Waals surface area contributed by atoms with Gasteiger partial charge in [-0.05, 0) is 47.2 Å². The van der Waals surface area contributed by atoms with Crippen LogP contribution in [0.3, 0.4) is 0 Å². The molecule has 0 amide bonds. The van der Waals surface area contributed by atoms with Crippen molar-refractivity contribution in [3.63, 3.8) is 0 Å². The number of aliphatic carboxylic acids is 1. The van der Waals surface area contributed by atoms with E-state index in [1.54, 1.807) is 0 Å². The van der Waals surface area contributed by atoms with Crippen molar-refractivity contribution in [3.05, 3.63) is 53.6 Å². The third kappa shape index (κ3) is 7.56. The highest BCUT2D eigenvalue weighted by molar-refractivity contribution is 5.73. The summed E-state index contributed by atoms with van der Waals surface area (Å²) in [5.41, 5.74) is 4.99. The summed E-state index contributed by atoms with van der Waals surface area (Å²) in [5, 5.41) is 20.3. The summed E-state index contributed by atoms with van der Waals surface area (Å²) < 4.78 is 37.5. The van der Waals surface area contributed by atoms with Gasteiger partial charge in [-0.1, -0.05) is 44.2 Å². The quantitative estimate of drug-likeness (QED) is 0.621. The number of fused-ring (bicyclic) bond motifs is 1. The van der Waals surface area contributed by atoms with Crippen LogP contribution < -0.4 is 10.1 Å². The molecule has 2 unspecified atom stereocenters. The maximum absolute atomic E-state index is 10.6. The minimum atomic E-state index is -5.08. The molecule has 1 heterocycles. The zero-order valence-corrected chi connectivity index (χ0v) is 17.7. The van der Waals surface area contributed by atoms with E-state index < -0.39 is 12.1 Å². The first-order chi connectivity index (χ1) is 14.5. The highest BCUT2D eigenvalue weighted by atomic mass is 19.4. The molecule has 0 aliphatic carbocycles. The first-order valence-electron chi connectivity index (χ1n) is 10.0. The number of aliphatic hydroxyl groups excluding tert-OH is 1. The summed E-state index contributed by atoms with van der Waals surface area (Å²) in [4.78, 5) is 8.90. The van der Waals surface area contributed by atoms with Crippen molar-refractivity contribution < 1.29 is 32.9 Å². The van der Waals surface area contributed by atoms with E-state index in [0.717, 1.165) is 18.7 Å². The van der Waals surface area contributed by atoms with Gasteiger partial charge in [-0.3, -0.25) is 0 Å². The van der Waals surface area contributed by atoms with Gasteiger partial charge in [0, 0.05) is 19.5 Å². The van der Waals surface area contributed by atoms with Crippen molar-refractivity contribution >= 4 is 5.97 Å². The van der Waals surface area contributed by atoms with Crippen molar-refractivity contribution in [2.45, 2.75) is 52.1 Å². The van der Waals surface area contributed by atoms with E-state index in [4.69, 9.17) is 14.6 Å². The van der Waals surface area contributed by atoms with Crippen LogP contribution in [0.25, 0.3) is 11.1 Å². The Morgan fingerprint density at radius 1 is 1.16 bits per heavy atom. The second-order valence-electron chi connectivity index (χ2n) is 7.90. The van der Waals surface area contributed by atoms with Gasteiger partial charge in [0.05, 0.1) is 6.10 Å². The number of hydrogen-bond donors (Lipinski definition) is 3. The Morgan fingerprint density at radius 3 is 2.29 bits per heavy atom. The molecule has 0 bridgehead atoms. The third-order valence-electron chi connectivity index (χ3n) is 4.88. The second-order valence-corrected chi connectivity index (χ2v) is 7.90. The van der Waals surface area contributed by atoms with Gasteiger partial charge in [0.15, 0.2) is 0 Å². The lowest BCUT2D eigenvalue weighted by molar-refractivity contribution is -0.192. The number of aliphatic hydroxyl groups is 1. The second kappa shape index (κ2) is 10.6. The molecule has 2 atom stereocenters. The predicted molar refractivity (Wildman–Crippen MR) is 112 cm³/mol. The number of carboxylic acid groups (broad SMARTS) is 1. The fourth-order valence-corrected chi connectivity index (χ4v) is 3.02.